The van der Waals surface area contributed by atoms with Crippen molar-refractivity contribution in [2.75, 3.05) is 4.90 Å². The smallest absolute Gasteiger partial charge is 0.0645 e. The molecule has 10 aromatic carbocycles. The van der Waals surface area contributed by atoms with Crippen molar-refractivity contribution >= 4 is 81.1 Å². The maximum Gasteiger partial charge on any atom is 0.0645 e. The number of nitrogens with zero attached hydrogens (tertiary/aromatic N) is 2. The average Bonchev–Trinajstić information content (AvgIpc) is 3.96. The second-order valence-corrected chi connectivity index (χ2v) is 16.0. The van der Waals surface area contributed by atoms with Gasteiger partial charge in [-0.05, 0) is 93.1 Å². The van der Waals surface area contributed by atoms with Gasteiger partial charge in [-0.1, -0.05) is 176 Å². The number of hydrogen-bond donors (Lipinski definition) is 0. The molecule has 61 heavy (non-hydrogen) atoms. The summed E-state index contributed by atoms with van der Waals surface area (Å²) in [5.74, 6) is 0. The Bertz CT molecular complexity index is 4010. The first-order chi connectivity index (χ1) is 34.0. The molecule has 0 saturated heterocycles. The minimum Gasteiger partial charge on any atom is -0.311 e. The number of thiophene rings is 1. The van der Waals surface area contributed by atoms with E-state index in [0.717, 1.165) is 59.8 Å². The Labute approximate surface area is 371 Å². The Kier molecular flexibility index (Phi) is 6.46. The predicted molar refractivity (Wildman–Crippen MR) is 262 cm³/mol. The summed E-state index contributed by atoms with van der Waals surface area (Å²) >= 11 is 1.76. The first kappa shape index (κ1) is 27.1. The fourth-order valence-electron chi connectivity index (χ4n) is 8.75. The molecule has 12 aromatic rings. The molecule has 0 atom stereocenters. The molecule has 2 aromatic heterocycles. The van der Waals surface area contributed by atoms with Crippen molar-refractivity contribution in [2.45, 2.75) is 0 Å². The van der Waals surface area contributed by atoms with Crippen LogP contribution in [-0.4, -0.2) is 4.57 Å². The molecular weight excluding hydrogens is 757 g/mol. The number of aromatic nitrogens is 1. The maximum absolute atomic E-state index is 9.55. The molecule has 2 nitrogen and oxygen atoms in total. The van der Waals surface area contributed by atoms with Crippen LogP contribution in [0.1, 0.15) is 12.3 Å². The molecule has 3 heteroatoms. The van der Waals surface area contributed by atoms with E-state index in [2.05, 4.69) is 108 Å². The molecule has 2 heterocycles. The lowest BCUT2D eigenvalue weighted by Gasteiger charge is -2.26. The molecule has 12 rings (SSSR count). The summed E-state index contributed by atoms with van der Waals surface area (Å²) < 4.78 is 84.6. The third kappa shape index (κ3) is 5.93. The van der Waals surface area contributed by atoms with E-state index >= 15 is 0 Å². The van der Waals surface area contributed by atoms with Crippen molar-refractivity contribution in [3.63, 3.8) is 0 Å². The summed E-state index contributed by atoms with van der Waals surface area (Å²) in [6.45, 7) is 0. The first-order valence-corrected chi connectivity index (χ1v) is 20.9. The standard InChI is InChI=1S/C58H38N2S/c1-2-13-39(14-3-1)40-25-32-44(33-26-40)59(46-36-29-43(30-37-46)49-20-12-21-52-53-38-31-41-15-4-5-17-48(41)58(53)61-57(49)52)45-34-27-42(28-35-45)47-16-6-9-22-54(47)60-55-23-10-7-18-50(55)51-19-8-11-24-56(51)60/h1-38H/i1D,2D,3D,13D,14D,25D,26D,32D,33D. The van der Waals surface area contributed by atoms with Gasteiger partial charge in [0.1, 0.15) is 0 Å². The van der Waals surface area contributed by atoms with Gasteiger partial charge in [-0.2, -0.15) is 0 Å². The molecule has 0 aliphatic rings. The fraction of sp³-hybridized carbons (Fsp3) is 0. The van der Waals surface area contributed by atoms with E-state index in [1.807, 2.05) is 72.8 Å². The third-order valence-electron chi connectivity index (χ3n) is 11.6. The van der Waals surface area contributed by atoms with Gasteiger partial charge >= 0.3 is 0 Å². The Balaban J connectivity index is 1.02. The summed E-state index contributed by atoms with van der Waals surface area (Å²) in [4.78, 5) is 1.70. The molecule has 0 aliphatic heterocycles. The third-order valence-corrected chi connectivity index (χ3v) is 12.9. The van der Waals surface area contributed by atoms with Gasteiger partial charge < -0.3 is 9.47 Å². The van der Waals surface area contributed by atoms with Crippen LogP contribution in [0.2, 0.25) is 0 Å². The fourth-order valence-corrected chi connectivity index (χ4v) is 10.1. The topological polar surface area (TPSA) is 8.17 Å². The molecule has 286 valence electrons. The zero-order valence-corrected chi connectivity index (χ0v) is 33.4. The highest BCUT2D eigenvalue weighted by Gasteiger charge is 2.18. The molecule has 0 fully saturated rings. The highest BCUT2D eigenvalue weighted by atomic mass is 32.1. The monoisotopic (exact) mass is 803 g/mol. The van der Waals surface area contributed by atoms with Gasteiger partial charge in [0.05, 0.1) is 29.1 Å². The van der Waals surface area contributed by atoms with E-state index < -0.39 is 54.4 Å². The number of rotatable bonds is 7. The molecular formula is C58H38N2S. The quantitative estimate of drug-likeness (QED) is 0.156. The zero-order valence-electron chi connectivity index (χ0n) is 41.5. The Hall–Kier alpha value is -7.72. The highest BCUT2D eigenvalue weighted by Crippen LogP contribution is 2.44. The Morgan fingerprint density at radius 3 is 1.61 bits per heavy atom. The molecule has 0 aliphatic carbocycles. The lowest BCUT2D eigenvalue weighted by atomic mass is 10.0. The van der Waals surface area contributed by atoms with Gasteiger partial charge in [-0.3, -0.25) is 0 Å². The SMILES string of the molecule is [2H]c1c([2H])c([2H])c(-c2c([2H])c([2H])c(N(c3ccc(-c4ccccc4-n4c5ccccc5c5ccccc54)cc3)c3ccc(-c4cccc5c4sc4c6ccccc6ccc54)cc3)c([2H])c2[2H])c([2H])c1[2H]. The average molecular weight is 804 g/mol. The first-order valence-electron chi connectivity index (χ1n) is 24.6. The molecule has 0 radical (unpaired) electrons. The van der Waals surface area contributed by atoms with E-state index in [4.69, 9.17) is 6.85 Å². The zero-order chi connectivity index (χ0) is 48.1. The van der Waals surface area contributed by atoms with Crippen LogP contribution in [0, 0.1) is 0 Å². The van der Waals surface area contributed by atoms with Crippen molar-refractivity contribution in [2.24, 2.45) is 0 Å². The Morgan fingerprint density at radius 1 is 0.361 bits per heavy atom. The van der Waals surface area contributed by atoms with Gasteiger partial charge in [-0.25, -0.2) is 0 Å². The van der Waals surface area contributed by atoms with Crippen LogP contribution in [0.5, 0.6) is 0 Å². The number of para-hydroxylation sites is 3. The van der Waals surface area contributed by atoms with E-state index in [-0.39, 0.29) is 16.8 Å². The molecule has 0 spiro atoms. The van der Waals surface area contributed by atoms with Gasteiger partial charge in [0.25, 0.3) is 0 Å². The Morgan fingerprint density at radius 2 is 0.902 bits per heavy atom. The number of anilines is 3. The van der Waals surface area contributed by atoms with Gasteiger partial charge in [0.2, 0.25) is 0 Å². The van der Waals surface area contributed by atoms with Crippen molar-refractivity contribution in [1.82, 2.24) is 4.57 Å². The normalized spacial score (nSPS) is 13.7. The largest absolute Gasteiger partial charge is 0.311 e. The van der Waals surface area contributed by atoms with E-state index in [1.165, 1.54) is 20.9 Å². The van der Waals surface area contributed by atoms with Crippen LogP contribution in [-0.2, 0) is 0 Å². The van der Waals surface area contributed by atoms with Crippen molar-refractivity contribution in [3.8, 4) is 39.1 Å². The second-order valence-electron chi connectivity index (χ2n) is 15.0. The maximum atomic E-state index is 9.55. The van der Waals surface area contributed by atoms with Crippen molar-refractivity contribution in [1.29, 1.82) is 0 Å². The van der Waals surface area contributed by atoms with Gasteiger partial charge in [-0.15, -0.1) is 11.3 Å². The summed E-state index contributed by atoms with van der Waals surface area (Å²) in [6.07, 6.45) is 0. The van der Waals surface area contributed by atoms with E-state index in [9.17, 15) is 5.48 Å². The van der Waals surface area contributed by atoms with E-state index in [1.54, 1.807) is 16.2 Å². The predicted octanol–water partition coefficient (Wildman–Crippen LogP) is 16.8. The molecule has 0 N–H and O–H groups in total. The summed E-state index contributed by atoms with van der Waals surface area (Å²) in [5.41, 5.74) is 7.35. The lowest BCUT2D eigenvalue weighted by molar-refractivity contribution is 1.18. The van der Waals surface area contributed by atoms with Crippen LogP contribution >= 0.6 is 11.3 Å². The van der Waals surface area contributed by atoms with Gasteiger partial charge in [0.15, 0.2) is 0 Å². The van der Waals surface area contributed by atoms with Crippen LogP contribution in [0.25, 0.3) is 91.8 Å². The summed E-state index contributed by atoms with van der Waals surface area (Å²) in [5, 5.41) is 7.05. The lowest BCUT2D eigenvalue weighted by Crippen LogP contribution is -2.09. The number of benzene rings is 10. The van der Waals surface area contributed by atoms with Crippen LogP contribution in [0.3, 0.4) is 0 Å². The number of hydrogen-bond acceptors (Lipinski definition) is 2. The van der Waals surface area contributed by atoms with Gasteiger partial charge in [0, 0.05) is 53.6 Å². The molecule has 0 unspecified atom stereocenters. The van der Waals surface area contributed by atoms with Crippen LogP contribution < -0.4 is 4.90 Å². The minimum atomic E-state index is -0.627. The van der Waals surface area contributed by atoms with Crippen LogP contribution in [0.4, 0.5) is 17.1 Å². The number of fused-ring (bicyclic) bond motifs is 8. The van der Waals surface area contributed by atoms with Crippen molar-refractivity contribution < 1.29 is 12.3 Å². The minimum absolute atomic E-state index is 0.0595. The van der Waals surface area contributed by atoms with Crippen molar-refractivity contribution in [3.05, 3.63) is 230 Å². The molecule has 0 saturated carbocycles. The van der Waals surface area contributed by atoms with Crippen LogP contribution in [0.15, 0.2) is 230 Å². The summed E-state index contributed by atoms with van der Waals surface area (Å²) in [7, 11) is 0. The summed E-state index contributed by atoms with van der Waals surface area (Å²) in [6, 6.07) is 54.7. The second kappa shape index (κ2) is 14.5. The highest BCUT2D eigenvalue weighted by molar-refractivity contribution is 7.27. The van der Waals surface area contributed by atoms with E-state index in [0.29, 0.717) is 11.4 Å². The molecule has 0 bridgehead atoms. The molecule has 0 amide bonds.